The second kappa shape index (κ2) is 8.22. The Balaban J connectivity index is 1.10. The van der Waals surface area contributed by atoms with E-state index in [1.807, 2.05) is 24.5 Å². The highest BCUT2D eigenvalue weighted by molar-refractivity contribution is 8.01. The number of thiazole rings is 1. The fraction of sp³-hybridized carbons (Fsp3) is 0.391. The van der Waals surface area contributed by atoms with Crippen LogP contribution in [-0.2, 0) is 11.6 Å². The van der Waals surface area contributed by atoms with E-state index in [1.165, 1.54) is 12.1 Å². The van der Waals surface area contributed by atoms with Crippen molar-refractivity contribution in [2.45, 2.75) is 28.8 Å². The molecule has 1 saturated carbocycles. The van der Waals surface area contributed by atoms with Crippen LogP contribution >= 0.6 is 23.1 Å². The van der Waals surface area contributed by atoms with Crippen LogP contribution in [0.2, 0.25) is 0 Å². The van der Waals surface area contributed by atoms with Gasteiger partial charge in [0, 0.05) is 48.4 Å². The monoisotopic (exact) mass is 461 g/mol. The Morgan fingerprint density at radius 1 is 1.16 bits per heavy atom. The number of aromatic nitrogens is 2. The van der Waals surface area contributed by atoms with Gasteiger partial charge in [0.05, 0.1) is 10.4 Å². The van der Waals surface area contributed by atoms with Crippen LogP contribution in [0.4, 0.5) is 13.2 Å². The quantitative estimate of drug-likeness (QED) is 0.320. The number of fused-ring (bicyclic) bond motifs is 1. The van der Waals surface area contributed by atoms with E-state index in [4.69, 9.17) is 0 Å². The number of nitrogens with zero attached hydrogens (tertiary/aromatic N) is 3. The van der Waals surface area contributed by atoms with Gasteiger partial charge in [0.2, 0.25) is 0 Å². The van der Waals surface area contributed by atoms with Gasteiger partial charge in [-0.15, -0.1) is 11.3 Å². The molecule has 0 unspecified atom stereocenters. The molecule has 2 aromatic heterocycles. The summed E-state index contributed by atoms with van der Waals surface area (Å²) in [5.41, 5.74) is 1.67. The van der Waals surface area contributed by atoms with Crippen molar-refractivity contribution in [3.05, 3.63) is 66.1 Å². The van der Waals surface area contributed by atoms with Crippen molar-refractivity contribution in [2.75, 3.05) is 25.4 Å². The molecule has 3 aromatic rings. The first-order chi connectivity index (χ1) is 14.9. The smallest absolute Gasteiger partial charge is 0.302 e. The standard InChI is InChI=1S/C23H22F3N3S2/c24-23(25,26)18-6-4-17(5-7-18)22-11-19(22)14-29(15-22)9-2-10-30-21-28-13-20(31-21)16-3-1-8-27-12-16/h1,3-8,12-13,19H,2,9-11,14-15H2/t19-,22+/m0/s1. The lowest BCUT2D eigenvalue weighted by Gasteiger charge is -2.21. The number of halogens is 3. The summed E-state index contributed by atoms with van der Waals surface area (Å²) in [4.78, 5) is 12.3. The second-order valence-corrected chi connectivity index (χ2v) is 10.7. The minimum Gasteiger partial charge on any atom is -0.302 e. The van der Waals surface area contributed by atoms with Gasteiger partial charge in [-0.1, -0.05) is 30.0 Å². The van der Waals surface area contributed by atoms with Crippen molar-refractivity contribution >= 4 is 23.1 Å². The van der Waals surface area contributed by atoms with E-state index >= 15 is 0 Å². The Morgan fingerprint density at radius 2 is 2.00 bits per heavy atom. The van der Waals surface area contributed by atoms with E-state index in [2.05, 4.69) is 14.9 Å². The highest BCUT2D eigenvalue weighted by atomic mass is 32.2. The van der Waals surface area contributed by atoms with Gasteiger partial charge in [0.25, 0.3) is 0 Å². The zero-order valence-corrected chi connectivity index (χ0v) is 18.4. The normalized spacial score (nSPS) is 23.1. The minimum absolute atomic E-state index is 0.0746. The molecular formula is C23H22F3N3S2. The topological polar surface area (TPSA) is 29.0 Å². The molecule has 8 heteroatoms. The summed E-state index contributed by atoms with van der Waals surface area (Å²) in [5.74, 6) is 1.59. The lowest BCUT2D eigenvalue weighted by atomic mass is 9.94. The summed E-state index contributed by atoms with van der Waals surface area (Å²) in [6, 6.07) is 9.80. The molecule has 0 N–H and O–H groups in total. The van der Waals surface area contributed by atoms with Crippen LogP contribution in [0.5, 0.6) is 0 Å². The Kier molecular flexibility index (Phi) is 5.56. The maximum Gasteiger partial charge on any atom is 0.416 e. The van der Waals surface area contributed by atoms with Crippen LogP contribution in [0.15, 0.2) is 59.3 Å². The molecule has 2 atom stereocenters. The first-order valence-electron chi connectivity index (χ1n) is 10.3. The Hall–Kier alpha value is -1.90. The molecule has 1 saturated heterocycles. The lowest BCUT2D eigenvalue weighted by Crippen LogP contribution is -2.28. The highest BCUT2D eigenvalue weighted by Gasteiger charge is 2.60. The highest BCUT2D eigenvalue weighted by Crippen LogP contribution is 2.59. The number of hydrogen-bond donors (Lipinski definition) is 0. The predicted molar refractivity (Wildman–Crippen MR) is 118 cm³/mol. The Morgan fingerprint density at radius 3 is 2.74 bits per heavy atom. The first-order valence-corrected chi connectivity index (χ1v) is 12.1. The van der Waals surface area contributed by atoms with Crippen LogP contribution < -0.4 is 0 Å². The Labute approximate surface area is 187 Å². The van der Waals surface area contributed by atoms with Gasteiger partial charge >= 0.3 is 6.18 Å². The fourth-order valence-corrected chi connectivity index (χ4v) is 6.58. The number of hydrogen-bond acceptors (Lipinski definition) is 5. The van der Waals surface area contributed by atoms with Crippen LogP contribution in [-0.4, -0.2) is 40.3 Å². The van der Waals surface area contributed by atoms with E-state index in [-0.39, 0.29) is 5.41 Å². The minimum atomic E-state index is -4.27. The van der Waals surface area contributed by atoms with E-state index in [1.54, 1.807) is 41.4 Å². The molecule has 0 radical (unpaired) electrons. The van der Waals surface area contributed by atoms with Gasteiger partial charge in [-0.05, 0) is 49.1 Å². The SMILES string of the molecule is FC(F)(F)c1ccc([C@]23C[C@H]2CN(CCCSc2ncc(-c4cccnc4)s2)C3)cc1. The molecule has 5 rings (SSSR count). The van der Waals surface area contributed by atoms with Crippen LogP contribution in [0.3, 0.4) is 0 Å². The number of pyridine rings is 1. The van der Waals surface area contributed by atoms with Gasteiger partial charge < -0.3 is 4.90 Å². The van der Waals surface area contributed by atoms with E-state index in [9.17, 15) is 13.2 Å². The third-order valence-corrected chi connectivity index (χ3v) is 8.57. The van der Waals surface area contributed by atoms with Gasteiger partial charge in [0.1, 0.15) is 4.34 Å². The van der Waals surface area contributed by atoms with Crippen molar-refractivity contribution < 1.29 is 13.2 Å². The molecule has 0 amide bonds. The summed E-state index contributed by atoms with van der Waals surface area (Å²) in [6.45, 7) is 3.02. The lowest BCUT2D eigenvalue weighted by molar-refractivity contribution is -0.137. The Bertz CT molecular complexity index is 1040. The van der Waals surface area contributed by atoms with Crippen LogP contribution in [0.25, 0.3) is 10.4 Å². The third-order valence-electron chi connectivity index (χ3n) is 6.28. The van der Waals surface area contributed by atoms with Crippen molar-refractivity contribution in [3.8, 4) is 10.4 Å². The number of thioether (sulfide) groups is 1. The number of rotatable bonds is 7. The van der Waals surface area contributed by atoms with Gasteiger partial charge in [-0.3, -0.25) is 4.98 Å². The maximum absolute atomic E-state index is 12.8. The molecule has 0 spiro atoms. The van der Waals surface area contributed by atoms with Gasteiger partial charge in [0.15, 0.2) is 0 Å². The van der Waals surface area contributed by atoms with Crippen molar-refractivity contribution in [1.82, 2.24) is 14.9 Å². The molecule has 3 nitrogen and oxygen atoms in total. The summed E-state index contributed by atoms with van der Waals surface area (Å²) in [6.07, 6.45) is 3.43. The number of likely N-dealkylation sites (tertiary alicyclic amines) is 1. The van der Waals surface area contributed by atoms with Crippen LogP contribution in [0, 0.1) is 5.92 Å². The molecule has 1 aliphatic heterocycles. The average Bonchev–Trinajstić information content (AvgIpc) is 3.11. The number of alkyl halides is 3. The largest absolute Gasteiger partial charge is 0.416 e. The first kappa shape index (κ1) is 21.0. The third kappa shape index (κ3) is 4.38. The molecule has 162 valence electrons. The molecule has 2 aliphatic rings. The second-order valence-electron chi connectivity index (χ2n) is 8.30. The maximum atomic E-state index is 12.8. The van der Waals surface area contributed by atoms with E-state index < -0.39 is 11.7 Å². The number of piperidine rings is 1. The van der Waals surface area contributed by atoms with Gasteiger partial charge in [-0.25, -0.2) is 4.98 Å². The molecule has 3 heterocycles. The summed E-state index contributed by atoms with van der Waals surface area (Å²) in [5, 5.41) is 0. The zero-order chi connectivity index (χ0) is 21.5. The van der Waals surface area contributed by atoms with Crippen molar-refractivity contribution in [2.24, 2.45) is 5.92 Å². The molecule has 0 bridgehead atoms. The zero-order valence-electron chi connectivity index (χ0n) is 16.8. The molecular weight excluding hydrogens is 439 g/mol. The van der Waals surface area contributed by atoms with Gasteiger partial charge in [-0.2, -0.15) is 13.2 Å². The number of benzene rings is 1. The van der Waals surface area contributed by atoms with E-state index in [0.29, 0.717) is 5.92 Å². The molecule has 1 aromatic carbocycles. The van der Waals surface area contributed by atoms with Crippen molar-refractivity contribution in [3.63, 3.8) is 0 Å². The average molecular weight is 462 g/mol. The van der Waals surface area contributed by atoms with E-state index in [0.717, 1.165) is 58.6 Å². The van der Waals surface area contributed by atoms with Crippen LogP contribution in [0.1, 0.15) is 24.0 Å². The molecule has 1 aliphatic carbocycles. The summed E-state index contributed by atoms with van der Waals surface area (Å²) < 4.78 is 39.6. The summed E-state index contributed by atoms with van der Waals surface area (Å²) in [7, 11) is 0. The molecule has 2 fully saturated rings. The predicted octanol–water partition coefficient (Wildman–Crippen LogP) is 5.98. The molecule has 31 heavy (non-hydrogen) atoms. The van der Waals surface area contributed by atoms with Crippen molar-refractivity contribution in [1.29, 1.82) is 0 Å². The fourth-order valence-electron chi connectivity index (χ4n) is 4.61. The summed E-state index contributed by atoms with van der Waals surface area (Å²) >= 11 is 3.48.